The zero-order valence-corrected chi connectivity index (χ0v) is 18.3. The highest BCUT2D eigenvalue weighted by molar-refractivity contribution is 5.96. The van der Waals surface area contributed by atoms with Crippen molar-refractivity contribution in [1.82, 2.24) is 25.0 Å². The van der Waals surface area contributed by atoms with Gasteiger partial charge in [0.1, 0.15) is 5.75 Å². The van der Waals surface area contributed by atoms with Gasteiger partial charge in [-0.1, -0.05) is 19.3 Å². The summed E-state index contributed by atoms with van der Waals surface area (Å²) in [6, 6.07) is 4.15. The zero-order valence-electron chi connectivity index (χ0n) is 18.3. The van der Waals surface area contributed by atoms with Gasteiger partial charge >= 0.3 is 0 Å². The monoisotopic (exact) mass is 429 g/mol. The first-order valence-corrected chi connectivity index (χ1v) is 11.8. The molecule has 8 heteroatoms. The van der Waals surface area contributed by atoms with Crippen molar-refractivity contribution in [3.8, 4) is 5.75 Å². The lowest BCUT2D eigenvalue weighted by Crippen LogP contribution is -2.58. The number of carbonyl (C=O) groups excluding carboxylic acids is 2. The van der Waals surface area contributed by atoms with Gasteiger partial charge in [-0.15, -0.1) is 0 Å². The van der Waals surface area contributed by atoms with E-state index in [0.29, 0.717) is 6.04 Å². The Bertz CT molecular complexity index is 759. The third-order valence-electron chi connectivity index (χ3n) is 7.11. The number of piperidine rings is 1. The minimum atomic E-state index is -0.529. The molecule has 2 aliphatic heterocycles. The molecule has 0 radical (unpaired) electrons. The van der Waals surface area contributed by atoms with Crippen LogP contribution in [0.2, 0.25) is 0 Å². The van der Waals surface area contributed by atoms with Gasteiger partial charge in [0.2, 0.25) is 5.91 Å². The van der Waals surface area contributed by atoms with E-state index in [9.17, 15) is 14.7 Å². The maximum atomic E-state index is 12.7. The molecule has 1 atom stereocenters. The predicted octanol–water partition coefficient (Wildman–Crippen LogP) is 1.46. The van der Waals surface area contributed by atoms with Gasteiger partial charge in [-0.2, -0.15) is 0 Å². The van der Waals surface area contributed by atoms with Crippen LogP contribution in [0.1, 0.15) is 55.4 Å². The van der Waals surface area contributed by atoms with E-state index in [2.05, 4.69) is 20.1 Å². The number of hydrogen-bond acceptors (Lipinski definition) is 6. The van der Waals surface area contributed by atoms with Crippen molar-refractivity contribution in [3.05, 3.63) is 24.0 Å². The Morgan fingerprint density at radius 3 is 2.35 bits per heavy atom. The fourth-order valence-electron chi connectivity index (χ4n) is 5.32. The standard InChI is InChI=1S/C23H35N5O3/c29-20-9-4-10-24-22(20)23(31)25-16-21(30)28-11-5-8-19(17-28)27-14-12-26(13-15-27)18-6-2-1-3-7-18/h4,9-10,18-19,29H,1-3,5-8,11-17H2,(H,25,31). The summed E-state index contributed by atoms with van der Waals surface area (Å²) >= 11 is 0. The minimum absolute atomic E-state index is 0.0531. The molecule has 4 rings (SSSR count). The van der Waals surface area contributed by atoms with Gasteiger partial charge in [-0.05, 0) is 37.8 Å². The Morgan fingerprint density at radius 2 is 1.65 bits per heavy atom. The highest BCUT2D eigenvalue weighted by Gasteiger charge is 2.32. The Kier molecular flexibility index (Phi) is 7.40. The van der Waals surface area contributed by atoms with Gasteiger partial charge in [0.05, 0.1) is 6.54 Å². The normalized spacial score (nSPS) is 24.1. The van der Waals surface area contributed by atoms with E-state index in [1.165, 1.54) is 44.4 Å². The summed E-state index contributed by atoms with van der Waals surface area (Å²) in [6.45, 7) is 5.83. The van der Waals surface area contributed by atoms with E-state index in [4.69, 9.17) is 0 Å². The van der Waals surface area contributed by atoms with E-state index in [-0.39, 0.29) is 23.9 Å². The summed E-state index contributed by atoms with van der Waals surface area (Å²) in [4.78, 5) is 35.9. The second-order valence-corrected chi connectivity index (χ2v) is 9.05. The van der Waals surface area contributed by atoms with Crippen molar-refractivity contribution in [2.45, 2.75) is 57.0 Å². The Balaban J connectivity index is 1.23. The molecular weight excluding hydrogens is 394 g/mol. The lowest BCUT2D eigenvalue weighted by molar-refractivity contribution is -0.132. The molecule has 1 aromatic heterocycles. The van der Waals surface area contributed by atoms with Crippen molar-refractivity contribution in [2.24, 2.45) is 0 Å². The fourth-order valence-corrected chi connectivity index (χ4v) is 5.32. The average Bonchev–Trinajstić information content (AvgIpc) is 2.83. The topological polar surface area (TPSA) is 89.0 Å². The van der Waals surface area contributed by atoms with Crippen LogP contribution in [0.4, 0.5) is 0 Å². The molecule has 3 aliphatic rings. The Morgan fingerprint density at radius 1 is 0.968 bits per heavy atom. The van der Waals surface area contributed by atoms with Gasteiger partial charge in [0.15, 0.2) is 5.69 Å². The van der Waals surface area contributed by atoms with Crippen LogP contribution in [0, 0.1) is 0 Å². The first-order valence-electron chi connectivity index (χ1n) is 11.8. The van der Waals surface area contributed by atoms with E-state index in [0.717, 1.165) is 58.2 Å². The molecule has 170 valence electrons. The molecule has 1 saturated carbocycles. The number of piperazine rings is 1. The van der Waals surface area contributed by atoms with E-state index in [1.807, 2.05) is 4.90 Å². The van der Waals surface area contributed by atoms with E-state index in [1.54, 1.807) is 6.07 Å². The molecule has 1 aliphatic carbocycles. The summed E-state index contributed by atoms with van der Waals surface area (Å²) < 4.78 is 0. The maximum Gasteiger partial charge on any atom is 0.274 e. The highest BCUT2D eigenvalue weighted by Crippen LogP contribution is 2.25. The summed E-state index contributed by atoms with van der Waals surface area (Å²) in [5, 5.41) is 12.3. The predicted molar refractivity (Wildman–Crippen MR) is 118 cm³/mol. The summed E-state index contributed by atoms with van der Waals surface area (Å²) in [5.41, 5.74) is -0.0531. The molecule has 31 heavy (non-hydrogen) atoms. The number of aromatic hydroxyl groups is 1. The first-order chi connectivity index (χ1) is 15.1. The second-order valence-electron chi connectivity index (χ2n) is 9.05. The first kappa shape index (κ1) is 22.0. The molecule has 1 aromatic rings. The number of carbonyl (C=O) groups is 2. The van der Waals surface area contributed by atoms with E-state index < -0.39 is 5.91 Å². The van der Waals surface area contributed by atoms with Crippen LogP contribution in [0.25, 0.3) is 0 Å². The zero-order chi connectivity index (χ0) is 21.6. The molecule has 3 heterocycles. The molecule has 0 bridgehead atoms. The maximum absolute atomic E-state index is 12.7. The van der Waals surface area contributed by atoms with Crippen LogP contribution in [0.5, 0.6) is 5.75 Å². The van der Waals surface area contributed by atoms with Crippen molar-refractivity contribution < 1.29 is 14.7 Å². The third kappa shape index (κ3) is 5.54. The summed E-state index contributed by atoms with van der Waals surface area (Å²) in [6.07, 6.45) is 10.4. The largest absolute Gasteiger partial charge is 0.505 e. The number of nitrogens with one attached hydrogen (secondary N) is 1. The smallest absolute Gasteiger partial charge is 0.274 e. The van der Waals surface area contributed by atoms with E-state index >= 15 is 0 Å². The molecule has 8 nitrogen and oxygen atoms in total. The lowest BCUT2D eigenvalue weighted by Gasteiger charge is -2.45. The number of aromatic nitrogens is 1. The highest BCUT2D eigenvalue weighted by atomic mass is 16.3. The lowest BCUT2D eigenvalue weighted by atomic mass is 9.93. The van der Waals surface area contributed by atoms with Crippen molar-refractivity contribution in [3.63, 3.8) is 0 Å². The average molecular weight is 430 g/mol. The molecule has 0 spiro atoms. The van der Waals surface area contributed by atoms with Crippen LogP contribution < -0.4 is 5.32 Å². The molecule has 0 aromatic carbocycles. The van der Waals surface area contributed by atoms with Crippen LogP contribution in [0.3, 0.4) is 0 Å². The van der Waals surface area contributed by atoms with Crippen molar-refractivity contribution in [1.29, 1.82) is 0 Å². The van der Waals surface area contributed by atoms with Crippen LogP contribution in [0.15, 0.2) is 18.3 Å². The van der Waals surface area contributed by atoms with Gasteiger partial charge in [0, 0.05) is 57.5 Å². The number of rotatable bonds is 5. The molecule has 2 N–H and O–H groups in total. The molecule has 2 saturated heterocycles. The van der Waals surface area contributed by atoms with Gasteiger partial charge < -0.3 is 15.3 Å². The molecule has 2 amide bonds. The van der Waals surface area contributed by atoms with Crippen LogP contribution in [-0.2, 0) is 4.79 Å². The second kappa shape index (κ2) is 10.4. The minimum Gasteiger partial charge on any atom is -0.505 e. The van der Waals surface area contributed by atoms with Crippen LogP contribution in [-0.4, -0.2) is 94.5 Å². The number of hydrogen-bond donors (Lipinski definition) is 2. The molecule has 1 unspecified atom stereocenters. The van der Waals surface area contributed by atoms with Gasteiger partial charge in [-0.25, -0.2) is 4.98 Å². The van der Waals surface area contributed by atoms with Gasteiger partial charge in [-0.3, -0.25) is 19.4 Å². The van der Waals surface area contributed by atoms with Crippen molar-refractivity contribution in [2.75, 3.05) is 45.8 Å². The molecular formula is C23H35N5O3. The van der Waals surface area contributed by atoms with Gasteiger partial charge in [0.25, 0.3) is 5.91 Å². The summed E-state index contributed by atoms with van der Waals surface area (Å²) in [5.74, 6) is -0.786. The number of amides is 2. The number of likely N-dealkylation sites (tertiary alicyclic amines) is 1. The van der Waals surface area contributed by atoms with Crippen molar-refractivity contribution >= 4 is 11.8 Å². The third-order valence-corrected chi connectivity index (χ3v) is 7.11. The van der Waals surface area contributed by atoms with Crippen LogP contribution >= 0.6 is 0 Å². The number of pyridine rings is 1. The number of nitrogens with zero attached hydrogens (tertiary/aromatic N) is 4. The summed E-state index contributed by atoms with van der Waals surface area (Å²) in [7, 11) is 0. The molecule has 3 fully saturated rings. The fraction of sp³-hybridized carbons (Fsp3) is 0.696. The Hall–Kier alpha value is -2.19. The SMILES string of the molecule is O=C(NCC(=O)N1CCCC(N2CCN(C3CCCCC3)CC2)C1)c1ncccc1O. The quantitative estimate of drug-likeness (QED) is 0.737. The Labute approximate surface area is 184 Å².